The van der Waals surface area contributed by atoms with Gasteiger partial charge in [0.05, 0.1) is 16.7 Å². The number of carbonyl (C=O) groups is 3. The van der Waals surface area contributed by atoms with Crippen molar-refractivity contribution in [2.24, 2.45) is 0 Å². The van der Waals surface area contributed by atoms with Gasteiger partial charge in [-0.3, -0.25) is 19.7 Å². The molecule has 2 aromatic carbocycles. The first kappa shape index (κ1) is 24.4. The van der Waals surface area contributed by atoms with Gasteiger partial charge in [-0.2, -0.15) is 13.2 Å². The van der Waals surface area contributed by atoms with Gasteiger partial charge in [-0.1, -0.05) is 24.8 Å². The van der Waals surface area contributed by atoms with E-state index >= 15 is 0 Å². The van der Waals surface area contributed by atoms with E-state index in [2.05, 4.69) is 22.2 Å². The summed E-state index contributed by atoms with van der Waals surface area (Å²) in [6.07, 6.45) is -0.645. The van der Waals surface area contributed by atoms with Crippen LogP contribution in [0.5, 0.6) is 0 Å². The van der Waals surface area contributed by atoms with Gasteiger partial charge in [-0.05, 0) is 43.2 Å². The molecule has 2 aliphatic heterocycles. The van der Waals surface area contributed by atoms with E-state index in [0.29, 0.717) is 41.7 Å². The number of aromatic amines is 1. The highest BCUT2D eigenvalue weighted by Gasteiger charge is 2.40. The lowest BCUT2D eigenvalue weighted by Crippen LogP contribution is -2.47. The van der Waals surface area contributed by atoms with E-state index in [-0.39, 0.29) is 28.7 Å². The molecule has 0 unspecified atom stereocenters. The Morgan fingerprint density at radius 1 is 1.08 bits per heavy atom. The zero-order valence-electron chi connectivity index (χ0n) is 19.6. The maximum Gasteiger partial charge on any atom is 0.417 e. The predicted octanol–water partition coefficient (Wildman–Crippen LogP) is 4.02. The Labute approximate surface area is 210 Å². The predicted molar refractivity (Wildman–Crippen MR) is 133 cm³/mol. The second-order valence-electron chi connectivity index (χ2n) is 9.01. The summed E-state index contributed by atoms with van der Waals surface area (Å²) in [7, 11) is 0. The molecule has 37 heavy (non-hydrogen) atoms. The minimum absolute atomic E-state index is 0.111. The first-order valence-corrected chi connectivity index (χ1v) is 11.7. The molecule has 1 aromatic heterocycles. The van der Waals surface area contributed by atoms with Crippen molar-refractivity contribution in [2.75, 3.05) is 18.0 Å². The minimum Gasteiger partial charge on any atom is -0.369 e. The van der Waals surface area contributed by atoms with Crippen LogP contribution < -0.4 is 15.5 Å². The van der Waals surface area contributed by atoms with Crippen molar-refractivity contribution in [3.63, 3.8) is 0 Å². The number of anilines is 1. The Bertz CT molecular complexity index is 1470. The number of nitrogens with one attached hydrogen (secondary N) is 3. The number of nitrogens with zero attached hydrogens (tertiary/aromatic N) is 1. The highest BCUT2D eigenvalue weighted by molar-refractivity contribution is 6.50. The molecule has 0 radical (unpaired) electrons. The molecule has 1 fully saturated rings. The monoisotopic (exact) mass is 508 g/mol. The highest BCUT2D eigenvalue weighted by atomic mass is 19.4. The van der Waals surface area contributed by atoms with E-state index < -0.39 is 23.6 Å². The Kier molecular flexibility index (Phi) is 6.10. The van der Waals surface area contributed by atoms with Crippen LogP contribution >= 0.6 is 0 Å². The zero-order valence-corrected chi connectivity index (χ0v) is 19.6. The lowest BCUT2D eigenvalue weighted by atomic mass is 9.91. The molecule has 0 bridgehead atoms. The van der Waals surface area contributed by atoms with Gasteiger partial charge in [0.15, 0.2) is 0 Å². The summed E-state index contributed by atoms with van der Waals surface area (Å²) >= 11 is 0. The molecule has 7 nitrogen and oxygen atoms in total. The third kappa shape index (κ3) is 4.50. The Hall–Kier alpha value is -4.34. The van der Waals surface area contributed by atoms with Crippen LogP contribution in [-0.4, -0.2) is 41.8 Å². The first-order chi connectivity index (χ1) is 17.7. The van der Waals surface area contributed by atoms with Crippen molar-refractivity contribution < 1.29 is 27.6 Å². The fraction of sp³-hybridized carbons (Fsp3) is 0.222. The van der Waals surface area contributed by atoms with E-state index in [1.165, 1.54) is 24.4 Å². The van der Waals surface area contributed by atoms with Crippen molar-refractivity contribution >= 4 is 45.5 Å². The molecular formula is C27H23F3N4O3. The Morgan fingerprint density at radius 3 is 2.54 bits per heavy atom. The van der Waals surface area contributed by atoms with E-state index in [4.69, 9.17) is 0 Å². The summed E-state index contributed by atoms with van der Waals surface area (Å²) in [6, 6.07) is 10.4. The molecule has 3 aromatic rings. The summed E-state index contributed by atoms with van der Waals surface area (Å²) in [4.78, 5) is 42.5. The SMILES string of the molecule is C=CC(=O)N[C@@H]1CCCN(c2ccc(C(F)(F)F)c(C3=C(c4c[nH]c5ccccc45)C(=O)NC3=O)c2)C1. The van der Waals surface area contributed by atoms with Crippen molar-refractivity contribution in [3.8, 4) is 0 Å². The third-order valence-electron chi connectivity index (χ3n) is 6.69. The minimum atomic E-state index is -4.76. The lowest BCUT2D eigenvalue weighted by molar-refractivity contribution is -0.137. The number of rotatable bonds is 5. The number of aromatic nitrogens is 1. The molecule has 1 atom stereocenters. The topological polar surface area (TPSA) is 94.3 Å². The average molecular weight is 509 g/mol. The first-order valence-electron chi connectivity index (χ1n) is 11.7. The van der Waals surface area contributed by atoms with Crippen LogP contribution in [0.25, 0.3) is 22.0 Å². The molecule has 5 rings (SSSR count). The van der Waals surface area contributed by atoms with E-state index in [1.54, 1.807) is 24.3 Å². The molecule has 1 saturated heterocycles. The molecule has 3 amide bonds. The summed E-state index contributed by atoms with van der Waals surface area (Å²) < 4.78 is 42.5. The maximum absolute atomic E-state index is 14.2. The smallest absolute Gasteiger partial charge is 0.369 e. The molecule has 190 valence electrons. The van der Waals surface area contributed by atoms with E-state index in [1.807, 2.05) is 4.90 Å². The van der Waals surface area contributed by atoms with Crippen LogP contribution in [0.1, 0.15) is 29.5 Å². The van der Waals surface area contributed by atoms with Gasteiger partial charge in [-0.25, -0.2) is 0 Å². The summed E-state index contributed by atoms with van der Waals surface area (Å²) in [5, 5.41) is 5.62. The van der Waals surface area contributed by atoms with Crippen molar-refractivity contribution in [1.29, 1.82) is 0 Å². The number of H-pyrrole nitrogens is 1. The van der Waals surface area contributed by atoms with E-state index in [9.17, 15) is 27.6 Å². The zero-order chi connectivity index (χ0) is 26.3. The van der Waals surface area contributed by atoms with Crippen LogP contribution in [0.4, 0.5) is 18.9 Å². The second-order valence-corrected chi connectivity index (χ2v) is 9.01. The lowest BCUT2D eigenvalue weighted by Gasteiger charge is -2.35. The number of hydrogen-bond donors (Lipinski definition) is 3. The number of piperidine rings is 1. The number of carbonyl (C=O) groups excluding carboxylic acids is 3. The highest BCUT2D eigenvalue weighted by Crippen LogP contribution is 2.42. The van der Waals surface area contributed by atoms with Gasteiger partial charge < -0.3 is 15.2 Å². The molecule has 0 aliphatic carbocycles. The van der Waals surface area contributed by atoms with Gasteiger partial charge >= 0.3 is 6.18 Å². The van der Waals surface area contributed by atoms with Crippen molar-refractivity contribution in [1.82, 2.24) is 15.6 Å². The number of imide groups is 1. The molecule has 2 aliphatic rings. The fourth-order valence-corrected chi connectivity index (χ4v) is 5.02. The van der Waals surface area contributed by atoms with Crippen LogP contribution in [0.2, 0.25) is 0 Å². The quantitative estimate of drug-likeness (QED) is 0.359. The van der Waals surface area contributed by atoms with Crippen molar-refractivity contribution in [2.45, 2.75) is 25.1 Å². The number of para-hydroxylation sites is 1. The van der Waals surface area contributed by atoms with Crippen LogP contribution in [-0.2, 0) is 20.6 Å². The third-order valence-corrected chi connectivity index (χ3v) is 6.69. The average Bonchev–Trinajstić information content (AvgIpc) is 3.42. The van der Waals surface area contributed by atoms with E-state index in [0.717, 1.165) is 12.5 Å². The second kappa shape index (κ2) is 9.27. The number of fused-ring (bicyclic) bond motifs is 1. The van der Waals surface area contributed by atoms with Crippen molar-refractivity contribution in [3.05, 3.63) is 78.0 Å². The normalized spacial score (nSPS) is 18.4. The maximum atomic E-state index is 14.2. The Morgan fingerprint density at radius 2 is 1.81 bits per heavy atom. The number of amides is 3. The molecule has 0 spiro atoms. The van der Waals surface area contributed by atoms with Crippen LogP contribution in [0.3, 0.4) is 0 Å². The summed E-state index contributed by atoms with van der Waals surface area (Å²) in [6.45, 7) is 4.39. The van der Waals surface area contributed by atoms with Gasteiger partial charge in [0.1, 0.15) is 0 Å². The standard InChI is InChI=1S/C27H23F3N4O3/c1-2-22(35)32-15-6-5-11-34(14-15)16-9-10-20(27(28,29)30)18(12-16)23-24(26(37)33-25(23)36)19-13-31-21-8-4-3-7-17(19)21/h2-4,7-10,12-13,15,31H,1,5-6,11,14H2,(H,32,35)(H,33,36,37)/t15-/m1/s1. The van der Waals surface area contributed by atoms with Crippen LogP contribution in [0, 0.1) is 0 Å². The number of hydrogen-bond acceptors (Lipinski definition) is 4. The summed E-state index contributed by atoms with van der Waals surface area (Å²) in [5.41, 5.74) is -0.330. The number of benzene rings is 2. The molecular weight excluding hydrogens is 485 g/mol. The molecule has 3 heterocycles. The van der Waals surface area contributed by atoms with Gasteiger partial charge in [0.2, 0.25) is 5.91 Å². The summed E-state index contributed by atoms with van der Waals surface area (Å²) in [5.74, 6) is -1.97. The van der Waals surface area contributed by atoms with Crippen LogP contribution in [0.15, 0.2) is 61.3 Å². The molecule has 3 N–H and O–H groups in total. The number of alkyl halides is 3. The Balaban J connectivity index is 1.65. The van der Waals surface area contributed by atoms with Gasteiger partial charge in [-0.15, -0.1) is 0 Å². The van der Waals surface area contributed by atoms with Gasteiger partial charge in [0.25, 0.3) is 11.8 Å². The van der Waals surface area contributed by atoms with Gasteiger partial charge in [0, 0.05) is 53.0 Å². The molecule has 10 heteroatoms. The largest absolute Gasteiger partial charge is 0.417 e. The fourth-order valence-electron chi connectivity index (χ4n) is 5.02. The number of halogens is 3. The molecule has 0 saturated carbocycles.